The minimum atomic E-state index is -0.959. The lowest BCUT2D eigenvalue weighted by Gasteiger charge is -2.30. The van der Waals surface area contributed by atoms with Gasteiger partial charge in [-0.2, -0.15) is 0 Å². The van der Waals surface area contributed by atoms with Gasteiger partial charge in [-0.3, -0.25) is 9.59 Å². The van der Waals surface area contributed by atoms with Gasteiger partial charge in [0.2, 0.25) is 0 Å². The highest BCUT2D eigenvalue weighted by Crippen LogP contribution is 2.25. The van der Waals surface area contributed by atoms with Gasteiger partial charge in [-0.15, -0.1) is 0 Å². The van der Waals surface area contributed by atoms with Crippen molar-refractivity contribution in [2.24, 2.45) is 5.41 Å². The lowest BCUT2D eigenvalue weighted by Crippen LogP contribution is -2.45. The minimum Gasteiger partial charge on any atom is -0.496 e. The lowest BCUT2D eigenvalue weighted by atomic mass is 9.84. The molecule has 0 bridgehead atoms. The van der Waals surface area contributed by atoms with Gasteiger partial charge in [0.25, 0.3) is 5.91 Å². The number of nitrogens with one attached hydrogen (secondary N) is 1. The number of methoxy groups -OCH3 is 1. The van der Waals surface area contributed by atoms with Gasteiger partial charge in [0.05, 0.1) is 19.1 Å². The Morgan fingerprint density at radius 3 is 2.48 bits per heavy atom. The van der Waals surface area contributed by atoms with E-state index in [2.05, 4.69) is 5.32 Å². The predicted octanol–water partition coefficient (Wildman–Crippen LogP) is 1.90. The first-order chi connectivity index (χ1) is 9.65. The van der Waals surface area contributed by atoms with Crippen LogP contribution in [0.2, 0.25) is 0 Å². The topological polar surface area (TPSA) is 102 Å². The number of carbonyl (C=O) groups excluding carboxylic acids is 1. The SMILES string of the molecule is COc1cc(N)ccc1C(=O)NC(CC(=O)O)C(C)(C)C. The first-order valence-electron chi connectivity index (χ1n) is 6.61. The van der Waals surface area contributed by atoms with Crippen LogP contribution in [0, 0.1) is 5.41 Å². The monoisotopic (exact) mass is 294 g/mol. The number of hydrogen-bond donors (Lipinski definition) is 3. The number of carbonyl (C=O) groups is 2. The molecule has 0 aliphatic rings. The van der Waals surface area contributed by atoms with E-state index in [1.807, 2.05) is 20.8 Å². The van der Waals surface area contributed by atoms with Gasteiger partial charge in [-0.25, -0.2) is 0 Å². The summed E-state index contributed by atoms with van der Waals surface area (Å²) in [6.45, 7) is 5.63. The van der Waals surface area contributed by atoms with E-state index >= 15 is 0 Å². The minimum absolute atomic E-state index is 0.146. The van der Waals surface area contributed by atoms with Crippen molar-refractivity contribution in [3.8, 4) is 5.75 Å². The van der Waals surface area contributed by atoms with Gasteiger partial charge < -0.3 is 20.9 Å². The van der Waals surface area contributed by atoms with Crippen LogP contribution < -0.4 is 15.8 Å². The number of hydrogen-bond acceptors (Lipinski definition) is 4. The van der Waals surface area contributed by atoms with Crippen LogP contribution in [0.1, 0.15) is 37.6 Å². The Labute approximate surface area is 124 Å². The van der Waals surface area contributed by atoms with Crippen LogP contribution in [-0.4, -0.2) is 30.1 Å². The fourth-order valence-electron chi connectivity index (χ4n) is 1.88. The average Bonchev–Trinajstić information content (AvgIpc) is 2.35. The first kappa shape index (κ1) is 16.8. The van der Waals surface area contributed by atoms with Crippen molar-refractivity contribution < 1.29 is 19.4 Å². The molecule has 4 N–H and O–H groups in total. The summed E-state index contributed by atoms with van der Waals surface area (Å²) >= 11 is 0. The van der Waals surface area contributed by atoms with Gasteiger partial charge in [0.1, 0.15) is 5.75 Å². The van der Waals surface area contributed by atoms with Crippen molar-refractivity contribution in [3.63, 3.8) is 0 Å². The molecule has 21 heavy (non-hydrogen) atoms. The number of nitrogen functional groups attached to an aromatic ring is 1. The molecule has 1 aromatic carbocycles. The van der Waals surface area contributed by atoms with E-state index in [0.29, 0.717) is 17.0 Å². The molecule has 1 atom stereocenters. The van der Waals surface area contributed by atoms with E-state index < -0.39 is 12.0 Å². The molecule has 0 radical (unpaired) electrons. The highest BCUT2D eigenvalue weighted by molar-refractivity contribution is 5.97. The predicted molar refractivity (Wildman–Crippen MR) is 80.4 cm³/mol. The summed E-state index contributed by atoms with van der Waals surface area (Å²) in [6, 6.07) is 4.22. The molecule has 6 heteroatoms. The number of carboxylic acids is 1. The molecule has 0 aromatic heterocycles. The molecule has 1 aromatic rings. The quantitative estimate of drug-likeness (QED) is 0.720. The molecule has 0 heterocycles. The van der Waals surface area contributed by atoms with Crippen molar-refractivity contribution in [2.75, 3.05) is 12.8 Å². The van der Waals surface area contributed by atoms with Gasteiger partial charge in [0, 0.05) is 17.8 Å². The van der Waals surface area contributed by atoms with Crippen molar-refractivity contribution in [2.45, 2.75) is 33.2 Å². The van der Waals surface area contributed by atoms with Crippen molar-refractivity contribution in [1.29, 1.82) is 0 Å². The number of carboxylic acid groups (broad SMARTS) is 1. The molecule has 0 aliphatic carbocycles. The zero-order valence-corrected chi connectivity index (χ0v) is 12.8. The number of amides is 1. The average molecular weight is 294 g/mol. The second-order valence-corrected chi connectivity index (χ2v) is 5.95. The molecular weight excluding hydrogens is 272 g/mol. The second-order valence-electron chi connectivity index (χ2n) is 5.95. The summed E-state index contributed by atoms with van der Waals surface area (Å²) in [5.41, 5.74) is 6.08. The van der Waals surface area contributed by atoms with Crippen LogP contribution >= 0.6 is 0 Å². The third-order valence-corrected chi connectivity index (χ3v) is 3.20. The van der Waals surface area contributed by atoms with Crippen LogP contribution in [0.25, 0.3) is 0 Å². The summed E-state index contributed by atoms with van der Waals surface area (Å²) in [5, 5.41) is 11.7. The smallest absolute Gasteiger partial charge is 0.305 e. The fourth-order valence-corrected chi connectivity index (χ4v) is 1.88. The molecule has 1 amide bonds. The number of ether oxygens (including phenoxy) is 1. The maximum Gasteiger partial charge on any atom is 0.305 e. The molecule has 1 rings (SSSR count). The molecule has 0 aliphatic heterocycles. The molecule has 0 fully saturated rings. The van der Waals surface area contributed by atoms with Crippen LogP contribution in [0.4, 0.5) is 5.69 Å². The van der Waals surface area contributed by atoms with Gasteiger partial charge in [0.15, 0.2) is 0 Å². The van der Waals surface area contributed by atoms with Crippen molar-refractivity contribution >= 4 is 17.6 Å². The van der Waals surface area contributed by atoms with Crippen LogP contribution in [0.15, 0.2) is 18.2 Å². The van der Waals surface area contributed by atoms with E-state index in [1.165, 1.54) is 7.11 Å². The van der Waals surface area contributed by atoms with E-state index in [9.17, 15) is 9.59 Å². The third kappa shape index (κ3) is 4.66. The zero-order chi connectivity index (χ0) is 16.2. The van der Waals surface area contributed by atoms with E-state index in [0.717, 1.165) is 0 Å². The lowest BCUT2D eigenvalue weighted by molar-refractivity contribution is -0.138. The Morgan fingerprint density at radius 2 is 2.00 bits per heavy atom. The Kier molecular flexibility index (Phi) is 5.18. The number of rotatable bonds is 5. The van der Waals surface area contributed by atoms with Crippen LogP contribution in [-0.2, 0) is 4.79 Å². The third-order valence-electron chi connectivity index (χ3n) is 3.20. The Balaban J connectivity index is 2.99. The Bertz CT molecular complexity index is 535. The first-order valence-corrected chi connectivity index (χ1v) is 6.61. The second kappa shape index (κ2) is 6.47. The Hall–Kier alpha value is -2.24. The van der Waals surface area contributed by atoms with E-state index in [4.69, 9.17) is 15.6 Å². The molecule has 0 saturated heterocycles. The van der Waals surface area contributed by atoms with E-state index in [-0.39, 0.29) is 17.7 Å². The van der Waals surface area contributed by atoms with Crippen LogP contribution in [0.5, 0.6) is 5.75 Å². The van der Waals surface area contributed by atoms with Gasteiger partial charge in [-0.1, -0.05) is 20.8 Å². The number of benzene rings is 1. The largest absolute Gasteiger partial charge is 0.496 e. The fraction of sp³-hybridized carbons (Fsp3) is 0.467. The highest BCUT2D eigenvalue weighted by atomic mass is 16.5. The van der Waals surface area contributed by atoms with Gasteiger partial charge in [-0.05, 0) is 17.5 Å². The standard InChI is InChI=1S/C15H22N2O4/c1-15(2,3)12(8-13(18)19)17-14(20)10-6-5-9(16)7-11(10)21-4/h5-7,12H,8,16H2,1-4H3,(H,17,20)(H,18,19). The summed E-state index contributed by atoms with van der Waals surface area (Å²) < 4.78 is 5.14. The van der Waals surface area contributed by atoms with E-state index in [1.54, 1.807) is 18.2 Å². The molecule has 6 nitrogen and oxygen atoms in total. The number of aliphatic carboxylic acids is 1. The van der Waals surface area contributed by atoms with Crippen molar-refractivity contribution in [1.82, 2.24) is 5.32 Å². The number of nitrogens with two attached hydrogens (primary N) is 1. The summed E-state index contributed by atoms with van der Waals surface area (Å²) in [5.74, 6) is -0.983. The summed E-state index contributed by atoms with van der Waals surface area (Å²) in [6.07, 6.45) is -0.146. The molecule has 0 saturated carbocycles. The molecule has 1 unspecified atom stereocenters. The normalized spacial score (nSPS) is 12.6. The van der Waals surface area contributed by atoms with Gasteiger partial charge >= 0.3 is 5.97 Å². The van der Waals surface area contributed by atoms with Crippen molar-refractivity contribution in [3.05, 3.63) is 23.8 Å². The molecule has 116 valence electrons. The number of anilines is 1. The Morgan fingerprint density at radius 1 is 1.38 bits per heavy atom. The zero-order valence-electron chi connectivity index (χ0n) is 12.8. The maximum absolute atomic E-state index is 12.3. The maximum atomic E-state index is 12.3. The highest BCUT2D eigenvalue weighted by Gasteiger charge is 2.29. The summed E-state index contributed by atoms with van der Waals surface area (Å²) in [4.78, 5) is 23.3. The summed E-state index contributed by atoms with van der Waals surface area (Å²) in [7, 11) is 1.45. The van der Waals surface area contributed by atoms with Crippen LogP contribution in [0.3, 0.4) is 0 Å². The molecular formula is C15H22N2O4. The molecule has 0 spiro atoms.